The molecule has 2 amide bonds. The van der Waals surface area contributed by atoms with Crippen LogP contribution in [0.5, 0.6) is 0 Å². The van der Waals surface area contributed by atoms with Gasteiger partial charge in [-0.25, -0.2) is 8.78 Å². The van der Waals surface area contributed by atoms with E-state index in [4.69, 9.17) is 11.3 Å². The van der Waals surface area contributed by atoms with Gasteiger partial charge in [0.1, 0.15) is 11.6 Å². The molecule has 0 radical (unpaired) electrons. The monoisotopic (exact) mass is 525 g/mol. The van der Waals surface area contributed by atoms with Crippen LogP contribution in [0.1, 0.15) is 43.4 Å². The molecule has 11 heteroatoms. The highest BCUT2D eigenvalue weighted by molar-refractivity contribution is 5.83. The highest BCUT2D eigenvalue weighted by Gasteiger charge is 2.35. The number of hydrogen-bond donors (Lipinski definition) is 1. The number of nitrogens with zero attached hydrogens (tertiary/aromatic N) is 6. The number of likely N-dealkylation sites (tertiary alicyclic amines) is 1. The van der Waals surface area contributed by atoms with Crippen molar-refractivity contribution in [3.8, 4) is 0 Å². The minimum atomic E-state index is -0.797. The molecule has 2 saturated heterocycles. The average Bonchev–Trinajstić information content (AvgIpc) is 3.29. The van der Waals surface area contributed by atoms with Crippen LogP contribution in [0.25, 0.3) is 10.4 Å². The van der Waals surface area contributed by atoms with Gasteiger partial charge in [0.05, 0.1) is 18.1 Å². The lowest BCUT2D eigenvalue weighted by molar-refractivity contribution is -0.135. The van der Waals surface area contributed by atoms with Crippen LogP contribution in [0.3, 0.4) is 0 Å². The molecule has 2 fully saturated rings. The van der Waals surface area contributed by atoms with Crippen LogP contribution in [-0.4, -0.2) is 77.4 Å². The number of hydrogen-bond acceptors (Lipinski definition) is 5. The van der Waals surface area contributed by atoms with Crippen molar-refractivity contribution in [3.63, 3.8) is 0 Å². The van der Waals surface area contributed by atoms with E-state index in [2.05, 4.69) is 14.9 Å². The van der Waals surface area contributed by atoms with E-state index in [1.54, 1.807) is 34.1 Å². The Hall–Kier alpha value is -3.53. The molecule has 3 atom stereocenters. The minimum Gasteiger partial charge on any atom is -0.340 e. The summed E-state index contributed by atoms with van der Waals surface area (Å²) >= 11 is 0. The van der Waals surface area contributed by atoms with Crippen molar-refractivity contribution in [3.05, 3.63) is 81.7 Å². The summed E-state index contributed by atoms with van der Waals surface area (Å²) in [5.74, 6) is -0.941. The lowest BCUT2D eigenvalue weighted by Crippen LogP contribution is -2.50. The largest absolute Gasteiger partial charge is 0.340 e. The fraction of sp³-hybridized carbons (Fsp3) is 0.481. The molecule has 9 nitrogen and oxygen atoms in total. The topological polar surface area (TPSA) is 119 Å². The molecule has 0 aromatic heterocycles. The number of nitrogens with two attached hydrogens (primary N) is 1. The predicted molar refractivity (Wildman–Crippen MR) is 139 cm³/mol. The Kier molecular flexibility index (Phi) is 8.93. The fourth-order valence-corrected chi connectivity index (χ4v) is 5.37. The first kappa shape index (κ1) is 27.5. The second-order valence-corrected chi connectivity index (χ2v) is 10.0. The first-order valence-electron chi connectivity index (χ1n) is 12.9. The normalized spacial score (nSPS) is 20.9. The maximum absolute atomic E-state index is 13.6. The molecule has 2 aromatic rings. The number of piperazine rings is 1. The summed E-state index contributed by atoms with van der Waals surface area (Å²) in [6, 6.07) is 11.3. The van der Waals surface area contributed by atoms with E-state index >= 15 is 0 Å². The molecule has 3 unspecified atom stereocenters. The third-order valence-electron chi connectivity index (χ3n) is 7.44. The molecular weight excluding hydrogens is 492 g/mol. The Morgan fingerprint density at radius 2 is 1.58 bits per heavy atom. The zero-order valence-corrected chi connectivity index (χ0v) is 21.4. The van der Waals surface area contributed by atoms with E-state index in [0.717, 1.165) is 11.1 Å². The van der Waals surface area contributed by atoms with Gasteiger partial charge in [0.2, 0.25) is 11.8 Å². The van der Waals surface area contributed by atoms with E-state index in [9.17, 15) is 18.4 Å². The molecule has 38 heavy (non-hydrogen) atoms. The highest BCUT2D eigenvalue weighted by atomic mass is 19.1. The molecule has 2 aromatic carbocycles. The van der Waals surface area contributed by atoms with Crippen LogP contribution in [0, 0.1) is 11.6 Å². The zero-order chi connectivity index (χ0) is 27.2. The molecule has 202 valence electrons. The Balaban J connectivity index is 1.32. The summed E-state index contributed by atoms with van der Waals surface area (Å²) in [6.45, 7) is 4.41. The fourth-order valence-electron chi connectivity index (χ4n) is 5.37. The van der Waals surface area contributed by atoms with Crippen molar-refractivity contribution in [1.29, 1.82) is 0 Å². The van der Waals surface area contributed by atoms with Crippen LogP contribution in [0.4, 0.5) is 8.78 Å². The molecule has 2 heterocycles. The van der Waals surface area contributed by atoms with Crippen molar-refractivity contribution in [1.82, 2.24) is 14.7 Å². The van der Waals surface area contributed by atoms with Gasteiger partial charge in [0, 0.05) is 50.1 Å². The molecule has 0 spiro atoms. The Morgan fingerprint density at radius 3 is 2.11 bits per heavy atom. The standard InChI is InChI=1S/C27H33F2N7O2/c1-18-16-23(32-33-31)17-36(18)27(38)24(30)10-11-25(37)34-12-14-35(15-13-34)26(19-2-6-21(28)7-3-19)20-4-8-22(29)9-5-20/h2-9,18,23-24,26H,10-17,30H2,1H3. The van der Waals surface area contributed by atoms with Gasteiger partial charge in [-0.3, -0.25) is 14.5 Å². The summed E-state index contributed by atoms with van der Waals surface area (Å²) < 4.78 is 27.1. The average molecular weight is 526 g/mol. The van der Waals surface area contributed by atoms with E-state index in [1.807, 2.05) is 6.92 Å². The molecule has 0 saturated carbocycles. The number of benzene rings is 2. The van der Waals surface area contributed by atoms with Crippen LogP contribution >= 0.6 is 0 Å². The van der Waals surface area contributed by atoms with E-state index in [1.165, 1.54) is 24.3 Å². The Bertz CT molecular complexity index is 1120. The SMILES string of the molecule is CC1CC(N=[N+]=[N-])CN1C(=O)C(N)CCC(=O)N1CCN(C(c2ccc(F)cc2)c2ccc(F)cc2)CC1. The molecule has 0 bridgehead atoms. The van der Waals surface area contributed by atoms with Gasteiger partial charge in [-0.2, -0.15) is 0 Å². The molecule has 2 N–H and O–H groups in total. The lowest BCUT2D eigenvalue weighted by Gasteiger charge is -2.40. The lowest BCUT2D eigenvalue weighted by atomic mass is 9.96. The van der Waals surface area contributed by atoms with Crippen molar-refractivity contribution < 1.29 is 18.4 Å². The van der Waals surface area contributed by atoms with Gasteiger partial charge in [-0.15, -0.1) is 0 Å². The Morgan fingerprint density at radius 1 is 1.03 bits per heavy atom. The van der Waals surface area contributed by atoms with Gasteiger partial charge in [0.25, 0.3) is 0 Å². The third kappa shape index (κ3) is 6.48. The van der Waals surface area contributed by atoms with Gasteiger partial charge in [-0.05, 0) is 60.7 Å². The third-order valence-corrected chi connectivity index (χ3v) is 7.44. The molecule has 0 aliphatic carbocycles. The van der Waals surface area contributed by atoms with Crippen LogP contribution in [0.15, 0.2) is 53.6 Å². The summed E-state index contributed by atoms with van der Waals surface area (Å²) in [5, 5.41) is 3.71. The maximum Gasteiger partial charge on any atom is 0.239 e. The molecule has 4 rings (SSSR count). The number of carbonyl (C=O) groups is 2. The second kappa shape index (κ2) is 12.3. The van der Waals surface area contributed by atoms with Gasteiger partial charge in [-0.1, -0.05) is 29.4 Å². The van der Waals surface area contributed by atoms with E-state index in [-0.39, 0.29) is 54.4 Å². The number of halogens is 2. The number of amides is 2. The van der Waals surface area contributed by atoms with Crippen LogP contribution < -0.4 is 5.73 Å². The summed E-state index contributed by atoms with van der Waals surface area (Å²) in [5.41, 5.74) is 16.6. The van der Waals surface area contributed by atoms with E-state index < -0.39 is 6.04 Å². The second-order valence-electron chi connectivity index (χ2n) is 10.0. The van der Waals surface area contributed by atoms with Gasteiger partial charge >= 0.3 is 0 Å². The van der Waals surface area contributed by atoms with Crippen LogP contribution in [-0.2, 0) is 9.59 Å². The molecular formula is C27H33F2N7O2. The summed E-state index contributed by atoms with van der Waals surface area (Å²) in [6.07, 6.45) is 0.998. The van der Waals surface area contributed by atoms with Crippen molar-refractivity contribution >= 4 is 11.8 Å². The maximum atomic E-state index is 13.6. The van der Waals surface area contributed by atoms with E-state index in [0.29, 0.717) is 39.1 Å². The zero-order valence-electron chi connectivity index (χ0n) is 21.4. The first-order valence-corrected chi connectivity index (χ1v) is 12.9. The number of azide groups is 1. The summed E-state index contributed by atoms with van der Waals surface area (Å²) in [7, 11) is 0. The highest BCUT2D eigenvalue weighted by Crippen LogP contribution is 2.30. The smallest absolute Gasteiger partial charge is 0.239 e. The van der Waals surface area contributed by atoms with Crippen molar-refractivity contribution in [2.75, 3.05) is 32.7 Å². The van der Waals surface area contributed by atoms with Crippen LogP contribution in [0.2, 0.25) is 0 Å². The van der Waals surface area contributed by atoms with Gasteiger partial charge < -0.3 is 15.5 Å². The number of rotatable bonds is 8. The number of carbonyl (C=O) groups excluding carboxylic acids is 2. The quantitative estimate of drug-likeness (QED) is 0.322. The molecule has 2 aliphatic rings. The Labute approximate surface area is 220 Å². The predicted octanol–water partition coefficient (Wildman–Crippen LogP) is 3.61. The van der Waals surface area contributed by atoms with Crippen molar-refractivity contribution in [2.45, 2.75) is 50.4 Å². The molecule has 2 aliphatic heterocycles. The summed E-state index contributed by atoms with van der Waals surface area (Å²) in [4.78, 5) is 34.2. The minimum absolute atomic E-state index is 0.0607. The first-order chi connectivity index (χ1) is 18.3. The van der Waals surface area contributed by atoms with Gasteiger partial charge in [0.15, 0.2) is 0 Å². The van der Waals surface area contributed by atoms with Crippen molar-refractivity contribution in [2.24, 2.45) is 10.8 Å².